The van der Waals surface area contributed by atoms with E-state index in [1.807, 2.05) is 36.4 Å². The topological polar surface area (TPSA) is 39.2 Å². The molecule has 100 valence electrons. The van der Waals surface area contributed by atoms with E-state index >= 15 is 0 Å². The van der Waals surface area contributed by atoms with E-state index in [0.717, 1.165) is 23.0 Å². The summed E-state index contributed by atoms with van der Waals surface area (Å²) in [4.78, 5) is 16.5. The molecule has 0 N–H and O–H groups in total. The van der Waals surface area contributed by atoms with Crippen molar-refractivity contribution >= 4 is 16.9 Å². The van der Waals surface area contributed by atoms with Crippen LogP contribution < -0.4 is 0 Å². The zero-order valence-corrected chi connectivity index (χ0v) is 11.6. The van der Waals surface area contributed by atoms with Crippen LogP contribution in [0, 0.1) is 5.92 Å². The van der Waals surface area contributed by atoms with E-state index in [-0.39, 0.29) is 11.9 Å². The van der Waals surface area contributed by atoms with E-state index in [1.165, 1.54) is 7.11 Å². The summed E-state index contributed by atoms with van der Waals surface area (Å²) >= 11 is 0. The van der Waals surface area contributed by atoms with Crippen molar-refractivity contribution in [2.45, 2.75) is 26.2 Å². The number of aromatic nitrogens is 1. The number of nitrogens with zero attached hydrogens (tertiary/aromatic N) is 1. The van der Waals surface area contributed by atoms with Gasteiger partial charge in [-0.1, -0.05) is 38.1 Å². The summed E-state index contributed by atoms with van der Waals surface area (Å²) in [5.74, 6) is -0.0801. The molecule has 1 heterocycles. The molecule has 0 radical (unpaired) electrons. The van der Waals surface area contributed by atoms with E-state index < -0.39 is 0 Å². The number of ether oxygens (including phenoxy) is 1. The molecule has 0 bridgehead atoms. The van der Waals surface area contributed by atoms with Crippen LogP contribution in [0.2, 0.25) is 0 Å². The van der Waals surface area contributed by atoms with Crippen LogP contribution in [-0.2, 0) is 9.53 Å². The van der Waals surface area contributed by atoms with Crippen molar-refractivity contribution in [2.24, 2.45) is 5.92 Å². The molecule has 1 aromatic heterocycles. The van der Waals surface area contributed by atoms with Gasteiger partial charge in [-0.05, 0) is 24.5 Å². The van der Waals surface area contributed by atoms with E-state index in [9.17, 15) is 4.79 Å². The summed E-state index contributed by atoms with van der Waals surface area (Å²) in [6.07, 6.45) is 0.748. The molecule has 3 heteroatoms. The van der Waals surface area contributed by atoms with Gasteiger partial charge >= 0.3 is 5.97 Å². The molecule has 0 saturated heterocycles. The number of pyridine rings is 1. The van der Waals surface area contributed by atoms with Crippen LogP contribution in [0.15, 0.2) is 36.4 Å². The molecule has 0 aliphatic heterocycles. The van der Waals surface area contributed by atoms with Gasteiger partial charge in [0.15, 0.2) is 0 Å². The predicted molar refractivity (Wildman–Crippen MR) is 76.0 cm³/mol. The summed E-state index contributed by atoms with van der Waals surface area (Å²) in [7, 11) is 1.43. The third-order valence-corrected chi connectivity index (χ3v) is 3.17. The number of carbonyl (C=O) groups excluding carboxylic acids is 1. The van der Waals surface area contributed by atoms with Gasteiger partial charge in [0.1, 0.15) is 0 Å². The van der Waals surface area contributed by atoms with Gasteiger partial charge < -0.3 is 4.74 Å². The van der Waals surface area contributed by atoms with Crippen molar-refractivity contribution in [2.75, 3.05) is 7.11 Å². The molecular weight excluding hydrogens is 238 g/mol. The Hall–Kier alpha value is -1.90. The second-order valence-electron chi connectivity index (χ2n) is 5.13. The van der Waals surface area contributed by atoms with Crippen molar-refractivity contribution in [3.63, 3.8) is 0 Å². The van der Waals surface area contributed by atoms with Gasteiger partial charge in [-0.15, -0.1) is 0 Å². The number of para-hydroxylation sites is 1. The fourth-order valence-corrected chi connectivity index (χ4v) is 2.23. The molecule has 2 aromatic rings. The molecule has 2 rings (SSSR count). The number of benzene rings is 1. The molecule has 0 spiro atoms. The minimum absolute atomic E-state index is 0.212. The van der Waals surface area contributed by atoms with E-state index in [2.05, 4.69) is 18.8 Å². The normalized spacial score (nSPS) is 12.6. The lowest BCUT2D eigenvalue weighted by Crippen LogP contribution is -2.17. The number of rotatable bonds is 4. The molecule has 0 aliphatic rings. The highest BCUT2D eigenvalue weighted by Gasteiger charge is 2.24. The fourth-order valence-electron chi connectivity index (χ4n) is 2.23. The second kappa shape index (κ2) is 5.83. The summed E-state index contributed by atoms with van der Waals surface area (Å²) in [5.41, 5.74) is 1.71. The van der Waals surface area contributed by atoms with Gasteiger partial charge in [-0.3, -0.25) is 9.78 Å². The number of hydrogen-bond donors (Lipinski definition) is 0. The Morgan fingerprint density at radius 3 is 2.63 bits per heavy atom. The molecule has 1 unspecified atom stereocenters. The lowest BCUT2D eigenvalue weighted by molar-refractivity contribution is -0.142. The summed E-state index contributed by atoms with van der Waals surface area (Å²) in [6, 6.07) is 11.8. The first-order valence-electron chi connectivity index (χ1n) is 6.55. The zero-order chi connectivity index (χ0) is 13.8. The molecule has 0 saturated carbocycles. The van der Waals surface area contributed by atoms with Crippen molar-refractivity contribution < 1.29 is 9.53 Å². The highest BCUT2D eigenvalue weighted by molar-refractivity contribution is 5.81. The lowest BCUT2D eigenvalue weighted by atomic mass is 9.93. The van der Waals surface area contributed by atoms with E-state index in [1.54, 1.807) is 0 Å². The van der Waals surface area contributed by atoms with Crippen LogP contribution in [0.5, 0.6) is 0 Å². The average Bonchev–Trinajstić information content (AvgIpc) is 2.43. The van der Waals surface area contributed by atoms with Gasteiger partial charge in [-0.25, -0.2) is 0 Å². The summed E-state index contributed by atoms with van der Waals surface area (Å²) in [6.45, 7) is 4.19. The summed E-state index contributed by atoms with van der Waals surface area (Å²) < 4.78 is 4.90. The van der Waals surface area contributed by atoms with Crippen LogP contribution in [0.1, 0.15) is 31.9 Å². The minimum atomic E-state index is -0.283. The number of fused-ring (bicyclic) bond motifs is 1. The lowest BCUT2D eigenvalue weighted by Gasteiger charge is -2.16. The highest BCUT2D eigenvalue weighted by Crippen LogP contribution is 2.25. The maximum atomic E-state index is 11.9. The van der Waals surface area contributed by atoms with Crippen molar-refractivity contribution in [1.82, 2.24) is 4.98 Å². The van der Waals surface area contributed by atoms with Crippen LogP contribution in [0.4, 0.5) is 0 Å². The fraction of sp³-hybridized carbons (Fsp3) is 0.375. The first kappa shape index (κ1) is 13.5. The molecule has 0 amide bonds. The van der Waals surface area contributed by atoms with Crippen molar-refractivity contribution in [1.29, 1.82) is 0 Å². The number of methoxy groups -OCH3 is 1. The van der Waals surface area contributed by atoms with Crippen LogP contribution >= 0.6 is 0 Å². The average molecular weight is 257 g/mol. The monoisotopic (exact) mass is 257 g/mol. The van der Waals surface area contributed by atoms with Gasteiger partial charge in [-0.2, -0.15) is 0 Å². The van der Waals surface area contributed by atoms with E-state index in [4.69, 9.17) is 4.74 Å². The van der Waals surface area contributed by atoms with Gasteiger partial charge in [0.2, 0.25) is 0 Å². The van der Waals surface area contributed by atoms with Crippen molar-refractivity contribution in [3.05, 3.63) is 42.1 Å². The second-order valence-corrected chi connectivity index (χ2v) is 5.13. The Balaban J connectivity index is 2.40. The number of carbonyl (C=O) groups is 1. The predicted octanol–water partition coefficient (Wildman–Crippen LogP) is 3.54. The molecule has 1 aromatic carbocycles. The minimum Gasteiger partial charge on any atom is -0.469 e. The Bertz CT molecular complexity index is 578. The SMILES string of the molecule is COC(=O)C(CC(C)C)c1ccc2ccccc2n1. The Labute approximate surface area is 113 Å². The first-order valence-corrected chi connectivity index (χ1v) is 6.55. The smallest absolute Gasteiger partial charge is 0.314 e. The number of esters is 1. The van der Waals surface area contributed by atoms with Gasteiger partial charge in [0.05, 0.1) is 24.2 Å². The van der Waals surface area contributed by atoms with Crippen LogP contribution in [0.25, 0.3) is 10.9 Å². The molecule has 19 heavy (non-hydrogen) atoms. The molecule has 1 atom stereocenters. The maximum absolute atomic E-state index is 11.9. The van der Waals surface area contributed by atoms with Gasteiger partial charge in [0, 0.05) is 5.39 Å². The highest BCUT2D eigenvalue weighted by atomic mass is 16.5. The number of hydrogen-bond acceptors (Lipinski definition) is 3. The van der Waals surface area contributed by atoms with Gasteiger partial charge in [0.25, 0.3) is 0 Å². The summed E-state index contributed by atoms with van der Waals surface area (Å²) in [5, 5.41) is 1.08. The molecule has 0 fully saturated rings. The molecule has 0 aliphatic carbocycles. The van der Waals surface area contributed by atoms with Crippen molar-refractivity contribution in [3.8, 4) is 0 Å². The molecule has 3 nitrogen and oxygen atoms in total. The Morgan fingerprint density at radius 1 is 1.21 bits per heavy atom. The quantitative estimate of drug-likeness (QED) is 0.786. The van der Waals surface area contributed by atoms with E-state index in [0.29, 0.717) is 5.92 Å². The third-order valence-electron chi connectivity index (χ3n) is 3.17. The first-order chi connectivity index (χ1) is 9.11. The largest absolute Gasteiger partial charge is 0.469 e. The molecular formula is C16H19NO2. The zero-order valence-electron chi connectivity index (χ0n) is 11.6. The maximum Gasteiger partial charge on any atom is 0.314 e. The van der Waals surface area contributed by atoms with Crippen LogP contribution in [0.3, 0.4) is 0 Å². The Kier molecular flexibility index (Phi) is 4.15. The standard InChI is InChI=1S/C16H19NO2/c1-11(2)10-13(16(18)19-3)15-9-8-12-6-4-5-7-14(12)17-15/h4-9,11,13H,10H2,1-3H3. The third kappa shape index (κ3) is 3.11. The van der Waals surface area contributed by atoms with Crippen LogP contribution in [-0.4, -0.2) is 18.1 Å². The Morgan fingerprint density at radius 2 is 1.95 bits per heavy atom.